The van der Waals surface area contributed by atoms with Crippen LogP contribution >= 0.6 is 0 Å². The topological polar surface area (TPSA) is 119 Å². The fraction of sp³-hybridized carbons (Fsp3) is 0.450. The lowest BCUT2D eigenvalue weighted by Gasteiger charge is -2.19. The van der Waals surface area contributed by atoms with Crippen molar-refractivity contribution in [3.63, 3.8) is 0 Å². The Hall–Kier alpha value is -2.87. The number of carbonyl (C=O) groups excluding carboxylic acids is 1. The Morgan fingerprint density at radius 2 is 1.71 bits per heavy atom. The number of nitrogens with two attached hydrogens (primary N) is 1. The third-order valence-corrected chi connectivity index (χ3v) is 4.53. The number of hydrogen-bond acceptors (Lipinski definition) is 5. The highest BCUT2D eigenvalue weighted by Gasteiger charge is 2.23. The molecule has 0 aliphatic rings. The minimum Gasteiger partial charge on any atom is -0.396 e. The quantitative estimate of drug-likeness (QED) is 0.596. The molecule has 1 unspecified atom stereocenters. The first-order valence-electron chi connectivity index (χ1n) is 9.53. The average molecular weight is 388 g/mol. The van der Waals surface area contributed by atoms with Gasteiger partial charge in [0.25, 0.3) is 5.56 Å². The summed E-state index contributed by atoms with van der Waals surface area (Å²) in [6.45, 7) is 3.94. The van der Waals surface area contributed by atoms with Crippen LogP contribution in [0.25, 0.3) is 0 Å². The number of anilines is 2. The van der Waals surface area contributed by atoms with Crippen molar-refractivity contribution >= 4 is 17.4 Å². The second-order valence-electron chi connectivity index (χ2n) is 6.71. The molecule has 0 bridgehead atoms. The van der Waals surface area contributed by atoms with Crippen LogP contribution in [-0.2, 0) is 24.3 Å². The molecule has 1 aromatic carbocycles. The molecule has 1 heterocycles. The van der Waals surface area contributed by atoms with E-state index in [1.54, 1.807) is 0 Å². The van der Waals surface area contributed by atoms with Crippen molar-refractivity contribution in [2.24, 2.45) is 5.92 Å². The van der Waals surface area contributed by atoms with Crippen LogP contribution in [0.2, 0.25) is 0 Å². The molecule has 1 amide bonds. The molecule has 0 spiro atoms. The van der Waals surface area contributed by atoms with Crippen LogP contribution < -0.4 is 22.3 Å². The third kappa shape index (κ3) is 4.69. The van der Waals surface area contributed by atoms with Gasteiger partial charge in [-0.25, -0.2) is 4.79 Å². The summed E-state index contributed by atoms with van der Waals surface area (Å²) in [7, 11) is 0. The largest absolute Gasteiger partial charge is 0.396 e. The van der Waals surface area contributed by atoms with Gasteiger partial charge in [0.05, 0.1) is 12.5 Å². The van der Waals surface area contributed by atoms with E-state index in [2.05, 4.69) is 5.32 Å². The number of carbonyl (C=O) groups is 1. The van der Waals surface area contributed by atoms with Gasteiger partial charge < -0.3 is 16.2 Å². The zero-order chi connectivity index (χ0) is 20.7. The molecule has 0 aliphatic heterocycles. The first-order chi connectivity index (χ1) is 13.4. The molecule has 152 valence electrons. The predicted molar refractivity (Wildman–Crippen MR) is 109 cm³/mol. The van der Waals surface area contributed by atoms with Crippen LogP contribution in [0.4, 0.5) is 11.5 Å². The lowest BCUT2D eigenvalue weighted by atomic mass is 9.99. The maximum atomic E-state index is 12.8. The Balaban J connectivity index is 2.39. The molecule has 28 heavy (non-hydrogen) atoms. The molecule has 0 saturated carbocycles. The smallest absolute Gasteiger partial charge is 0.332 e. The van der Waals surface area contributed by atoms with E-state index in [0.29, 0.717) is 25.8 Å². The van der Waals surface area contributed by atoms with Crippen molar-refractivity contribution in [1.29, 1.82) is 0 Å². The van der Waals surface area contributed by atoms with Crippen molar-refractivity contribution in [2.45, 2.75) is 46.2 Å². The van der Waals surface area contributed by atoms with Crippen LogP contribution in [0.3, 0.4) is 0 Å². The number of aromatic nitrogens is 2. The number of aliphatic hydroxyl groups is 1. The van der Waals surface area contributed by atoms with Gasteiger partial charge in [-0.05, 0) is 24.8 Å². The van der Waals surface area contributed by atoms with Crippen LogP contribution in [0, 0.1) is 5.92 Å². The number of benzene rings is 1. The standard InChI is InChI=1S/C20H28N4O4/c1-3-10-23-17(21)16(19(27)24(11-4-2)20(23)28)22-18(26)15(13-25)12-14-8-6-5-7-9-14/h5-9,15,25H,3-4,10-13,21H2,1-2H3,(H,22,26). The SMILES string of the molecule is CCCn1c(N)c(NC(=O)C(CO)Cc2ccccc2)c(=O)n(CCC)c1=O. The van der Waals surface area contributed by atoms with Gasteiger partial charge in [-0.15, -0.1) is 0 Å². The number of aliphatic hydroxyl groups excluding tert-OH is 1. The van der Waals surface area contributed by atoms with E-state index in [1.165, 1.54) is 4.57 Å². The molecule has 8 nitrogen and oxygen atoms in total. The highest BCUT2D eigenvalue weighted by molar-refractivity contribution is 5.94. The lowest BCUT2D eigenvalue weighted by molar-refractivity contribution is -0.121. The number of amides is 1. The predicted octanol–water partition coefficient (Wildman–Crippen LogP) is 1.20. The monoisotopic (exact) mass is 388 g/mol. The van der Waals surface area contributed by atoms with Gasteiger partial charge in [-0.1, -0.05) is 44.2 Å². The van der Waals surface area contributed by atoms with Gasteiger partial charge >= 0.3 is 5.69 Å². The minimum atomic E-state index is -0.743. The summed E-state index contributed by atoms with van der Waals surface area (Å²) >= 11 is 0. The zero-order valence-corrected chi connectivity index (χ0v) is 16.4. The lowest BCUT2D eigenvalue weighted by Crippen LogP contribution is -2.43. The van der Waals surface area contributed by atoms with Crippen LogP contribution in [-0.4, -0.2) is 26.8 Å². The first-order valence-corrected chi connectivity index (χ1v) is 9.53. The normalized spacial score (nSPS) is 12.0. The van der Waals surface area contributed by atoms with Gasteiger partial charge in [-0.3, -0.25) is 18.7 Å². The molecule has 0 fully saturated rings. The summed E-state index contributed by atoms with van der Waals surface area (Å²) in [5.41, 5.74) is 5.73. The summed E-state index contributed by atoms with van der Waals surface area (Å²) in [6.07, 6.45) is 1.56. The molecular formula is C20H28N4O4. The fourth-order valence-corrected chi connectivity index (χ4v) is 3.06. The molecule has 8 heteroatoms. The summed E-state index contributed by atoms with van der Waals surface area (Å²) in [5, 5.41) is 12.2. The van der Waals surface area contributed by atoms with E-state index in [0.717, 1.165) is 10.1 Å². The van der Waals surface area contributed by atoms with Gasteiger partial charge in [-0.2, -0.15) is 0 Å². The highest BCUT2D eigenvalue weighted by Crippen LogP contribution is 2.15. The highest BCUT2D eigenvalue weighted by atomic mass is 16.3. The summed E-state index contributed by atoms with van der Waals surface area (Å²) in [4.78, 5) is 38.0. The van der Waals surface area contributed by atoms with Gasteiger partial charge in [0.1, 0.15) is 11.5 Å². The molecule has 0 aliphatic carbocycles. The summed E-state index contributed by atoms with van der Waals surface area (Å²) in [6, 6.07) is 9.29. The number of hydrogen-bond donors (Lipinski definition) is 3. The molecule has 0 saturated heterocycles. The van der Waals surface area contributed by atoms with Crippen LogP contribution in [0.15, 0.2) is 39.9 Å². The zero-order valence-electron chi connectivity index (χ0n) is 16.4. The molecule has 2 aromatic rings. The minimum absolute atomic E-state index is 0.0612. The average Bonchev–Trinajstić information content (AvgIpc) is 2.70. The van der Waals surface area contributed by atoms with Crippen molar-refractivity contribution in [3.05, 3.63) is 56.7 Å². The second kappa shape index (κ2) is 9.89. The van der Waals surface area contributed by atoms with E-state index in [4.69, 9.17) is 5.73 Å². The molecule has 1 aromatic heterocycles. The Morgan fingerprint density at radius 1 is 1.11 bits per heavy atom. The van der Waals surface area contributed by atoms with E-state index in [9.17, 15) is 19.5 Å². The molecule has 1 atom stereocenters. The van der Waals surface area contributed by atoms with Gasteiger partial charge in [0.15, 0.2) is 0 Å². The van der Waals surface area contributed by atoms with E-state index < -0.39 is 23.1 Å². The first kappa shape index (κ1) is 21.4. The number of nitrogens with zero attached hydrogens (tertiary/aromatic N) is 2. The molecule has 2 rings (SSSR count). The number of nitrogen functional groups attached to an aromatic ring is 1. The Labute approximate surface area is 163 Å². The maximum absolute atomic E-state index is 12.8. The summed E-state index contributed by atoms with van der Waals surface area (Å²) < 4.78 is 2.39. The Bertz CT molecular complexity index is 918. The van der Waals surface area contributed by atoms with Gasteiger partial charge in [0.2, 0.25) is 5.91 Å². The van der Waals surface area contributed by atoms with Crippen LogP contribution in [0.5, 0.6) is 0 Å². The molecule has 0 radical (unpaired) electrons. The van der Waals surface area contributed by atoms with E-state index in [1.807, 2.05) is 44.2 Å². The maximum Gasteiger partial charge on any atom is 0.332 e. The van der Waals surface area contributed by atoms with E-state index >= 15 is 0 Å². The van der Waals surface area contributed by atoms with E-state index in [-0.39, 0.29) is 24.7 Å². The summed E-state index contributed by atoms with van der Waals surface area (Å²) in [5.74, 6) is -1.32. The van der Waals surface area contributed by atoms with Crippen molar-refractivity contribution < 1.29 is 9.90 Å². The Kier molecular flexibility index (Phi) is 7.57. The molecule has 4 N–H and O–H groups in total. The Morgan fingerprint density at radius 3 is 2.29 bits per heavy atom. The fourth-order valence-electron chi connectivity index (χ4n) is 3.06. The van der Waals surface area contributed by atoms with Crippen LogP contribution in [0.1, 0.15) is 32.3 Å². The van der Waals surface area contributed by atoms with Gasteiger partial charge in [0, 0.05) is 13.1 Å². The van der Waals surface area contributed by atoms with Crippen molar-refractivity contribution in [1.82, 2.24) is 9.13 Å². The third-order valence-electron chi connectivity index (χ3n) is 4.53. The van der Waals surface area contributed by atoms with Crippen molar-refractivity contribution in [2.75, 3.05) is 17.7 Å². The second-order valence-corrected chi connectivity index (χ2v) is 6.71. The number of nitrogens with one attached hydrogen (secondary N) is 1. The molecular weight excluding hydrogens is 360 g/mol. The van der Waals surface area contributed by atoms with Crippen molar-refractivity contribution in [3.8, 4) is 0 Å². The number of rotatable bonds is 9.